The molecule has 3 aromatic rings. The van der Waals surface area contributed by atoms with Crippen molar-refractivity contribution in [1.82, 2.24) is 0 Å². The number of nitrogens with zero attached hydrogens (tertiary/aromatic N) is 1. The van der Waals surface area contributed by atoms with Gasteiger partial charge in [-0.25, -0.2) is 4.79 Å². The van der Waals surface area contributed by atoms with Gasteiger partial charge in [0.25, 0.3) is 0 Å². The first-order chi connectivity index (χ1) is 16.5. The number of hydrogen-bond acceptors (Lipinski definition) is 9. The van der Waals surface area contributed by atoms with E-state index >= 15 is 0 Å². The first kappa shape index (κ1) is 26.2. The first-order valence-electron chi connectivity index (χ1n) is 10.5. The number of carbonyl (C=O) groups excluding carboxylic acids is 2. The minimum absolute atomic E-state index is 0.0377. The number of hydrogen-bond donors (Lipinski definition) is 0. The zero-order chi connectivity index (χ0) is 24.3. The lowest BCUT2D eigenvalue weighted by Gasteiger charge is -2.08. The fourth-order valence-electron chi connectivity index (χ4n) is 2.83. The molecule has 0 fully saturated rings. The Labute approximate surface area is 216 Å². The zero-order valence-corrected chi connectivity index (χ0v) is 22.0. The minimum Gasteiger partial charge on any atom is -0.479 e. The number of thiophene rings is 1. The number of carbonyl (C=O) groups is 2. The van der Waals surface area contributed by atoms with E-state index < -0.39 is 5.97 Å². The lowest BCUT2D eigenvalue weighted by Crippen LogP contribution is -2.07. The van der Waals surface area contributed by atoms with E-state index in [-0.39, 0.29) is 5.78 Å². The summed E-state index contributed by atoms with van der Waals surface area (Å²) in [6, 6.07) is 19.2. The van der Waals surface area contributed by atoms with Crippen molar-refractivity contribution in [3.05, 3.63) is 82.0 Å². The Bertz CT molecular complexity index is 1140. The summed E-state index contributed by atoms with van der Waals surface area (Å²) < 4.78 is 5.78. The van der Waals surface area contributed by atoms with Crippen LogP contribution in [0.25, 0.3) is 0 Å². The highest BCUT2D eigenvalue weighted by Gasteiger charge is 2.11. The maximum Gasteiger partial charge on any atom is 0.331 e. The Morgan fingerprint density at radius 2 is 1.65 bits per heavy atom. The van der Waals surface area contributed by atoms with Crippen molar-refractivity contribution in [1.29, 1.82) is 0 Å². The normalized spacial score (nSPS) is 11.2. The fourth-order valence-corrected chi connectivity index (χ4v) is 5.36. The average Bonchev–Trinajstić information content (AvgIpc) is 3.37. The topological polar surface area (TPSA) is 65.0 Å². The molecule has 0 amide bonds. The molecule has 3 rings (SSSR count). The maximum atomic E-state index is 12.5. The molecule has 9 heteroatoms. The molecule has 0 aliphatic rings. The molecule has 34 heavy (non-hydrogen) atoms. The number of thiocarbonyl (C=S) groups is 1. The average molecular weight is 530 g/mol. The Kier molecular flexibility index (Phi) is 10.3. The van der Waals surface area contributed by atoms with Crippen molar-refractivity contribution in [2.24, 2.45) is 5.16 Å². The molecule has 1 heterocycles. The molecule has 0 atom stereocenters. The van der Waals surface area contributed by atoms with Gasteiger partial charge in [-0.2, -0.15) is 0 Å². The fraction of sp³-hybridized carbons (Fsp3) is 0.200. The summed E-state index contributed by atoms with van der Waals surface area (Å²) in [5.74, 6) is 0.227. The molecular formula is C25H23NO4S4. The summed E-state index contributed by atoms with van der Waals surface area (Å²) in [5, 5.41) is 5.93. The summed E-state index contributed by atoms with van der Waals surface area (Å²) in [7, 11) is 0. The summed E-state index contributed by atoms with van der Waals surface area (Å²) in [4.78, 5) is 31.4. The predicted octanol–water partition coefficient (Wildman–Crippen LogP) is 6.84. The second kappa shape index (κ2) is 13.4. The molecule has 0 aliphatic carbocycles. The van der Waals surface area contributed by atoms with E-state index in [9.17, 15) is 9.59 Å². The van der Waals surface area contributed by atoms with Gasteiger partial charge in [0.2, 0.25) is 10.2 Å². The van der Waals surface area contributed by atoms with E-state index in [0.29, 0.717) is 34.4 Å². The number of ether oxygens (including phenoxy) is 1. The van der Waals surface area contributed by atoms with E-state index in [1.165, 1.54) is 30.0 Å². The number of ketones is 1. The van der Waals surface area contributed by atoms with Crippen LogP contribution in [0.5, 0.6) is 0 Å². The second-order valence-electron chi connectivity index (χ2n) is 6.86. The van der Waals surface area contributed by atoms with Crippen LogP contribution in [-0.2, 0) is 14.4 Å². The molecule has 2 aromatic carbocycles. The van der Waals surface area contributed by atoms with Crippen molar-refractivity contribution in [3.8, 4) is 0 Å². The van der Waals surface area contributed by atoms with Crippen LogP contribution in [0, 0.1) is 0 Å². The third kappa shape index (κ3) is 8.09. The van der Waals surface area contributed by atoms with E-state index in [2.05, 4.69) is 5.16 Å². The zero-order valence-electron chi connectivity index (χ0n) is 18.7. The number of oxime groups is 1. The van der Waals surface area contributed by atoms with Crippen LogP contribution in [-0.4, -0.2) is 34.2 Å². The largest absolute Gasteiger partial charge is 0.479 e. The molecule has 5 nitrogen and oxygen atoms in total. The van der Waals surface area contributed by atoms with Gasteiger partial charge in [0, 0.05) is 34.5 Å². The van der Waals surface area contributed by atoms with Crippen LogP contribution in [0.2, 0.25) is 0 Å². The smallest absolute Gasteiger partial charge is 0.331 e. The molecule has 0 bridgehead atoms. The monoisotopic (exact) mass is 529 g/mol. The van der Waals surface area contributed by atoms with Crippen LogP contribution in [0.3, 0.4) is 0 Å². The van der Waals surface area contributed by atoms with Crippen LogP contribution in [0.4, 0.5) is 0 Å². The van der Waals surface area contributed by atoms with Gasteiger partial charge in [0.1, 0.15) is 0 Å². The van der Waals surface area contributed by atoms with Gasteiger partial charge in [0.05, 0.1) is 17.2 Å². The van der Waals surface area contributed by atoms with Gasteiger partial charge in [-0.3, -0.25) is 4.79 Å². The summed E-state index contributed by atoms with van der Waals surface area (Å²) in [6.45, 7) is 3.74. The second-order valence-corrected chi connectivity index (χ2v) is 10.7. The van der Waals surface area contributed by atoms with Crippen molar-refractivity contribution < 1.29 is 19.2 Å². The molecule has 0 N–H and O–H groups in total. The predicted molar refractivity (Wildman–Crippen MR) is 144 cm³/mol. The van der Waals surface area contributed by atoms with E-state index in [0.717, 1.165) is 20.2 Å². The third-order valence-corrected chi connectivity index (χ3v) is 7.51. The van der Waals surface area contributed by atoms with Gasteiger partial charge in [-0.1, -0.05) is 46.9 Å². The van der Waals surface area contributed by atoms with E-state index in [1.807, 2.05) is 73.0 Å². The molecule has 0 saturated carbocycles. The summed E-state index contributed by atoms with van der Waals surface area (Å²) in [6.07, 6.45) is 0.567. The molecule has 176 valence electrons. The van der Waals surface area contributed by atoms with Crippen molar-refractivity contribution in [2.45, 2.75) is 30.1 Å². The van der Waals surface area contributed by atoms with Gasteiger partial charge < -0.3 is 9.57 Å². The van der Waals surface area contributed by atoms with Crippen LogP contribution in [0.1, 0.15) is 41.1 Å². The highest BCUT2D eigenvalue weighted by atomic mass is 32.2. The highest BCUT2D eigenvalue weighted by Crippen LogP contribution is 2.29. The molecule has 0 saturated heterocycles. The van der Waals surface area contributed by atoms with Gasteiger partial charge >= 0.3 is 5.97 Å². The first-order valence-corrected chi connectivity index (χ1v) is 13.6. The molecule has 0 unspecified atom stereocenters. The molecule has 0 spiro atoms. The van der Waals surface area contributed by atoms with Gasteiger partial charge in [0.15, 0.2) is 0 Å². The van der Waals surface area contributed by atoms with E-state index in [1.54, 1.807) is 11.8 Å². The standard InChI is InChI=1S/C25H23NO4S4/c1-3-29-25(31)33-16-14-22(26-30-17(2)27)18-6-10-20(11-7-18)34-21-12-8-19(9-13-21)24(28)23-5-4-15-32-23/h4-13,15H,3,14,16H2,1-2H3/b26-22+. The Balaban J connectivity index is 1.64. The van der Waals surface area contributed by atoms with Gasteiger partial charge in [-0.15, -0.1) is 11.3 Å². The lowest BCUT2D eigenvalue weighted by molar-refractivity contribution is -0.140. The van der Waals surface area contributed by atoms with Crippen LogP contribution >= 0.6 is 47.1 Å². The van der Waals surface area contributed by atoms with Crippen LogP contribution in [0.15, 0.2) is 81.0 Å². The summed E-state index contributed by atoms with van der Waals surface area (Å²) in [5.41, 5.74) is 2.20. The van der Waals surface area contributed by atoms with Crippen molar-refractivity contribution in [2.75, 3.05) is 12.4 Å². The lowest BCUT2D eigenvalue weighted by atomic mass is 10.1. The van der Waals surface area contributed by atoms with Gasteiger partial charge in [-0.05, 0) is 72.5 Å². The molecular weight excluding hydrogens is 507 g/mol. The number of thioether (sulfide) groups is 1. The minimum atomic E-state index is -0.469. The Hall–Kier alpha value is -2.46. The summed E-state index contributed by atoms with van der Waals surface area (Å²) >= 11 is 9.61. The third-order valence-electron chi connectivity index (χ3n) is 4.39. The molecule has 0 radical (unpaired) electrons. The Morgan fingerprint density at radius 3 is 2.21 bits per heavy atom. The van der Waals surface area contributed by atoms with Crippen LogP contribution < -0.4 is 0 Å². The number of rotatable bonds is 10. The van der Waals surface area contributed by atoms with E-state index in [4.69, 9.17) is 21.8 Å². The number of benzene rings is 2. The molecule has 0 aliphatic heterocycles. The molecule has 1 aromatic heterocycles. The Morgan fingerprint density at radius 1 is 1.00 bits per heavy atom. The maximum absolute atomic E-state index is 12.5. The SMILES string of the molecule is CCOC(=S)SCC/C(=N\OC(C)=O)c1ccc(Sc2ccc(C(=O)c3cccs3)cc2)cc1. The van der Waals surface area contributed by atoms with Crippen molar-refractivity contribution in [3.63, 3.8) is 0 Å². The highest BCUT2D eigenvalue weighted by molar-refractivity contribution is 8.22. The quantitative estimate of drug-likeness (QED) is 0.0936. The van der Waals surface area contributed by atoms with Crippen molar-refractivity contribution >= 4 is 68.9 Å².